The average molecular weight is 308 g/mol. The summed E-state index contributed by atoms with van der Waals surface area (Å²) in [5.41, 5.74) is 2.19. The lowest BCUT2D eigenvalue weighted by atomic mass is 10.1. The third kappa shape index (κ3) is 2.07. The van der Waals surface area contributed by atoms with Gasteiger partial charge in [-0.05, 0) is 41.6 Å². The molecule has 0 bridgehead atoms. The number of fused-ring (bicyclic) bond motifs is 1. The number of aryl methyl sites for hydroxylation is 1. The zero-order chi connectivity index (χ0) is 12.9. The number of hydrogen-bond donors (Lipinski definition) is 0. The van der Waals surface area contributed by atoms with E-state index in [-0.39, 0.29) is 0 Å². The topological polar surface area (TPSA) is 30.7 Å². The third-order valence-electron chi connectivity index (χ3n) is 3.38. The number of halogens is 1. The van der Waals surface area contributed by atoms with E-state index >= 15 is 0 Å². The molecule has 0 saturated heterocycles. The Bertz CT molecular complexity index is 597. The molecule has 2 aromatic heterocycles. The van der Waals surface area contributed by atoms with Gasteiger partial charge in [0.1, 0.15) is 11.5 Å². The van der Waals surface area contributed by atoms with Gasteiger partial charge < -0.3 is 4.57 Å². The Kier molecular flexibility index (Phi) is 2.93. The molecule has 18 heavy (non-hydrogen) atoms. The van der Waals surface area contributed by atoms with Crippen molar-refractivity contribution in [3.63, 3.8) is 0 Å². The van der Waals surface area contributed by atoms with Crippen LogP contribution in [0.15, 0.2) is 10.7 Å². The molecule has 4 heteroatoms. The van der Waals surface area contributed by atoms with Crippen LogP contribution in [0.2, 0.25) is 0 Å². The largest absolute Gasteiger partial charge is 0.328 e. The summed E-state index contributed by atoms with van der Waals surface area (Å²) in [5.74, 6) is 1.57. The number of nitrogens with zero attached hydrogens (tertiary/aromatic N) is 3. The Morgan fingerprint density at radius 2 is 2.11 bits per heavy atom. The quantitative estimate of drug-likeness (QED) is 0.857. The molecule has 0 spiro atoms. The number of aromatic nitrogens is 3. The summed E-state index contributed by atoms with van der Waals surface area (Å²) in [4.78, 5) is 9.42. The maximum atomic E-state index is 4.78. The van der Waals surface area contributed by atoms with Gasteiger partial charge in [0.25, 0.3) is 0 Å². The maximum absolute atomic E-state index is 4.78. The standard InChI is InChI=1S/C14H18BrN3/c1-8(2)6-12-16-9(3)13-11(15)7-18(10-4-5-10)14(13)17-12/h7-8,10H,4-6H2,1-3H3. The molecule has 2 aromatic rings. The molecule has 3 nitrogen and oxygen atoms in total. The van der Waals surface area contributed by atoms with Crippen LogP contribution in [0.4, 0.5) is 0 Å². The molecule has 2 heterocycles. The molecule has 0 amide bonds. The summed E-state index contributed by atoms with van der Waals surface area (Å²) >= 11 is 3.64. The van der Waals surface area contributed by atoms with E-state index in [2.05, 4.69) is 52.4 Å². The normalized spacial score (nSPS) is 15.8. The summed E-state index contributed by atoms with van der Waals surface area (Å²) in [6.07, 6.45) is 5.67. The van der Waals surface area contributed by atoms with Crippen molar-refractivity contribution < 1.29 is 0 Å². The van der Waals surface area contributed by atoms with Gasteiger partial charge in [-0.3, -0.25) is 0 Å². The van der Waals surface area contributed by atoms with Crippen LogP contribution in [-0.4, -0.2) is 14.5 Å². The molecular formula is C14H18BrN3. The van der Waals surface area contributed by atoms with E-state index in [9.17, 15) is 0 Å². The van der Waals surface area contributed by atoms with Crippen LogP contribution in [-0.2, 0) is 6.42 Å². The van der Waals surface area contributed by atoms with Crippen molar-refractivity contribution in [1.29, 1.82) is 0 Å². The van der Waals surface area contributed by atoms with Crippen LogP contribution in [0.1, 0.15) is 44.2 Å². The molecule has 0 N–H and O–H groups in total. The van der Waals surface area contributed by atoms with Crippen molar-refractivity contribution in [3.8, 4) is 0 Å². The zero-order valence-corrected chi connectivity index (χ0v) is 12.7. The molecule has 0 radical (unpaired) electrons. The Balaban J connectivity index is 2.17. The lowest BCUT2D eigenvalue weighted by Gasteiger charge is -2.07. The fourth-order valence-corrected chi connectivity index (χ4v) is 3.10. The smallest absolute Gasteiger partial charge is 0.145 e. The molecule has 0 aromatic carbocycles. The minimum Gasteiger partial charge on any atom is -0.328 e. The first kappa shape index (κ1) is 12.2. The minimum absolute atomic E-state index is 0.592. The SMILES string of the molecule is Cc1nc(CC(C)C)nc2c1c(Br)cn2C1CC1. The molecule has 1 aliphatic carbocycles. The van der Waals surface area contributed by atoms with Crippen molar-refractivity contribution in [2.24, 2.45) is 5.92 Å². The molecule has 1 fully saturated rings. The highest BCUT2D eigenvalue weighted by Gasteiger charge is 2.27. The predicted octanol–water partition coefficient (Wildman–Crippen LogP) is 4.04. The van der Waals surface area contributed by atoms with Gasteiger partial charge >= 0.3 is 0 Å². The summed E-state index contributed by atoms with van der Waals surface area (Å²) in [7, 11) is 0. The van der Waals surface area contributed by atoms with Crippen molar-refractivity contribution in [2.45, 2.75) is 46.1 Å². The fraction of sp³-hybridized carbons (Fsp3) is 0.571. The van der Waals surface area contributed by atoms with Gasteiger partial charge in [0.15, 0.2) is 0 Å². The monoisotopic (exact) mass is 307 g/mol. The summed E-state index contributed by atoms with van der Waals surface area (Å²) in [5, 5.41) is 1.18. The van der Waals surface area contributed by atoms with Crippen molar-refractivity contribution >= 4 is 27.0 Å². The summed E-state index contributed by atoms with van der Waals surface area (Å²) < 4.78 is 3.44. The Hall–Kier alpha value is -0.900. The highest BCUT2D eigenvalue weighted by molar-refractivity contribution is 9.10. The van der Waals surface area contributed by atoms with Crippen molar-refractivity contribution in [1.82, 2.24) is 14.5 Å². The first-order valence-electron chi connectivity index (χ1n) is 6.60. The Morgan fingerprint density at radius 1 is 1.39 bits per heavy atom. The molecule has 1 saturated carbocycles. The van der Waals surface area contributed by atoms with Crippen LogP contribution in [0.3, 0.4) is 0 Å². The molecule has 0 unspecified atom stereocenters. The van der Waals surface area contributed by atoms with E-state index in [1.165, 1.54) is 18.2 Å². The lowest BCUT2D eigenvalue weighted by molar-refractivity contribution is 0.619. The minimum atomic E-state index is 0.592. The van der Waals surface area contributed by atoms with E-state index in [0.717, 1.165) is 28.1 Å². The predicted molar refractivity (Wildman–Crippen MR) is 76.8 cm³/mol. The molecule has 1 aliphatic rings. The molecular weight excluding hydrogens is 290 g/mol. The van der Waals surface area contributed by atoms with Crippen LogP contribution in [0, 0.1) is 12.8 Å². The lowest BCUT2D eigenvalue weighted by Crippen LogP contribution is -2.04. The van der Waals surface area contributed by atoms with Crippen LogP contribution in [0.25, 0.3) is 11.0 Å². The van der Waals surface area contributed by atoms with Crippen LogP contribution >= 0.6 is 15.9 Å². The van der Waals surface area contributed by atoms with Gasteiger partial charge in [-0.15, -0.1) is 0 Å². The zero-order valence-electron chi connectivity index (χ0n) is 11.1. The van der Waals surface area contributed by atoms with Gasteiger partial charge in [0.05, 0.1) is 11.1 Å². The van der Waals surface area contributed by atoms with E-state index in [1.54, 1.807) is 0 Å². The van der Waals surface area contributed by atoms with Crippen molar-refractivity contribution in [2.75, 3.05) is 0 Å². The summed E-state index contributed by atoms with van der Waals surface area (Å²) in [6.45, 7) is 6.49. The van der Waals surface area contributed by atoms with Crippen LogP contribution < -0.4 is 0 Å². The van der Waals surface area contributed by atoms with E-state index < -0.39 is 0 Å². The first-order chi connectivity index (χ1) is 8.56. The van der Waals surface area contributed by atoms with E-state index in [0.29, 0.717) is 12.0 Å². The fourth-order valence-electron chi connectivity index (χ4n) is 2.42. The second-order valence-corrected chi connectivity index (χ2v) is 6.49. The van der Waals surface area contributed by atoms with Crippen molar-refractivity contribution in [3.05, 3.63) is 22.2 Å². The van der Waals surface area contributed by atoms with Gasteiger partial charge in [-0.1, -0.05) is 13.8 Å². The Morgan fingerprint density at radius 3 is 2.72 bits per heavy atom. The van der Waals surface area contributed by atoms with Crippen LogP contribution in [0.5, 0.6) is 0 Å². The Labute approximate surface area is 116 Å². The third-order valence-corrected chi connectivity index (χ3v) is 3.99. The second kappa shape index (κ2) is 4.34. The number of hydrogen-bond acceptors (Lipinski definition) is 2. The first-order valence-corrected chi connectivity index (χ1v) is 7.39. The molecule has 3 rings (SSSR count). The molecule has 0 aliphatic heterocycles. The second-order valence-electron chi connectivity index (χ2n) is 5.64. The maximum Gasteiger partial charge on any atom is 0.145 e. The highest BCUT2D eigenvalue weighted by Crippen LogP contribution is 2.40. The molecule has 0 atom stereocenters. The van der Waals surface area contributed by atoms with Gasteiger partial charge in [-0.2, -0.15) is 0 Å². The average Bonchev–Trinajstić information content (AvgIpc) is 3.03. The molecule has 96 valence electrons. The highest BCUT2D eigenvalue weighted by atomic mass is 79.9. The summed E-state index contributed by atoms with van der Waals surface area (Å²) in [6, 6.07) is 0.653. The number of rotatable bonds is 3. The van der Waals surface area contributed by atoms with E-state index in [4.69, 9.17) is 4.98 Å². The van der Waals surface area contributed by atoms with E-state index in [1.807, 2.05) is 0 Å². The van der Waals surface area contributed by atoms with Gasteiger partial charge in [0, 0.05) is 23.1 Å². The van der Waals surface area contributed by atoms with Gasteiger partial charge in [-0.25, -0.2) is 9.97 Å². The van der Waals surface area contributed by atoms with Gasteiger partial charge in [0.2, 0.25) is 0 Å².